The van der Waals surface area contributed by atoms with Crippen LogP contribution in [0, 0.1) is 5.41 Å². The molecule has 0 N–H and O–H groups in total. The molecule has 0 spiro atoms. The van der Waals surface area contributed by atoms with Crippen molar-refractivity contribution in [3.8, 4) is 0 Å². The largest absolute Gasteiger partial charge is 0.465 e. The van der Waals surface area contributed by atoms with Gasteiger partial charge in [0.15, 0.2) is 10.5 Å². The second-order valence-corrected chi connectivity index (χ2v) is 5.65. The lowest BCUT2D eigenvalue weighted by molar-refractivity contribution is -0.149. The minimum Gasteiger partial charge on any atom is -0.465 e. The molecule has 3 nitrogen and oxygen atoms in total. The number of Topliss-reactive ketones (excluding diaryl/α,β-unsaturated/α-hetero) is 1. The fourth-order valence-corrected chi connectivity index (χ4v) is 2.89. The third-order valence-corrected chi connectivity index (χ3v) is 4.23. The van der Waals surface area contributed by atoms with Crippen LogP contribution in [-0.4, -0.2) is 28.9 Å². The van der Waals surface area contributed by atoms with Crippen LogP contribution in [-0.2, 0) is 14.3 Å². The molecule has 0 aromatic carbocycles. The van der Waals surface area contributed by atoms with E-state index < -0.39 is 16.1 Å². The zero-order valence-corrected chi connectivity index (χ0v) is 9.86. The van der Waals surface area contributed by atoms with Gasteiger partial charge in [-0.15, -0.1) is 11.8 Å². The molecular formula is C10H16O3S. The monoisotopic (exact) mass is 216 g/mol. The van der Waals surface area contributed by atoms with Crippen LogP contribution >= 0.6 is 11.8 Å². The molecule has 1 rings (SSSR count). The van der Waals surface area contributed by atoms with Crippen molar-refractivity contribution in [2.75, 3.05) is 12.4 Å². The van der Waals surface area contributed by atoms with Gasteiger partial charge in [0, 0.05) is 11.2 Å². The lowest BCUT2D eigenvalue weighted by atomic mass is 9.84. The van der Waals surface area contributed by atoms with Crippen molar-refractivity contribution < 1.29 is 14.3 Å². The van der Waals surface area contributed by atoms with Crippen molar-refractivity contribution in [2.24, 2.45) is 5.41 Å². The van der Waals surface area contributed by atoms with Crippen molar-refractivity contribution in [3.63, 3.8) is 0 Å². The van der Waals surface area contributed by atoms with E-state index in [1.165, 1.54) is 11.8 Å². The number of esters is 1. The van der Waals surface area contributed by atoms with Gasteiger partial charge >= 0.3 is 5.97 Å². The Morgan fingerprint density at radius 3 is 2.43 bits per heavy atom. The molecule has 0 amide bonds. The van der Waals surface area contributed by atoms with Gasteiger partial charge in [-0.2, -0.15) is 0 Å². The summed E-state index contributed by atoms with van der Waals surface area (Å²) in [6.45, 7) is 7.46. The standard InChI is InChI=1S/C10H16O3S/c1-5-13-8(12)10(4)7(11)9(2,3)6-14-10/h5-6H2,1-4H3. The van der Waals surface area contributed by atoms with E-state index in [1.54, 1.807) is 13.8 Å². The summed E-state index contributed by atoms with van der Waals surface area (Å²) in [5.74, 6) is 0.259. The molecule has 1 atom stereocenters. The van der Waals surface area contributed by atoms with Crippen molar-refractivity contribution in [3.05, 3.63) is 0 Å². The van der Waals surface area contributed by atoms with Gasteiger partial charge in [-0.1, -0.05) is 13.8 Å². The topological polar surface area (TPSA) is 43.4 Å². The van der Waals surface area contributed by atoms with Gasteiger partial charge in [-0.3, -0.25) is 9.59 Å². The van der Waals surface area contributed by atoms with E-state index in [1.807, 2.05) is 13.8 Å². The third-order valence-electron chi connectivity index (χ3n) is 2.43. The van der Waals surface area contributed by atoms with E-state index in [2.05, 4.69) is 0 Å². The van der Waals surface area contributed by atoms with E-state index in [9.17, 15) is 9.59 Å². The predicted molar refractivity (Wildman–Crippen MR) is 56.3 cm³/mol. The first-order valence-corrected chi connectivity index (χ1v) is 5.69. The molecular weight excluding hydrogens is 200 g/mol. The second kappa shape index (κ2) is 3.57. The lowest BCUT2D eigenvalue weighted by Gasteiger charge is -2.21. The number of rotatable bonds is 2. The van der Waals surface area contributed by atoms with Gasteiger partial charge in [0.25, 0.3) is 0 Å². The predicted octanol–water partition coefficient (Wildman–Crippen LogP) is 1.65. The Morgan fingerprint density at radius 1 is 1.50 bits per heavy atom. The molecule has 14 heavy (non-hydrogen) atoms. The molecule has 0 saturated carbocycles. The number of hydrogen-bond acceptors (Lipinski definition) is 4. The van der Waals surface area contributed by atoms with E-state index >= 15 is 0 Å². The maximum Gasteiger partial charge on any atom is 0.329 e. The van der Waals surface area contributed by atoms with Crippen molar-refractivity contribution in [1.82, 2.24) is 0 Å². The van der Waals surface area contributed by atoms with Gasteiger partial charge in [0.05, 0.1) is 6.61 Å². The second-order valence-electron chi connectivity index (χ2n) is 4.26. The number of carbonyl (C=O) groups is 2. The average Bonchev–Trinajstić information content (AvgIpc) is 2.32. The molecule has 1 unspecified atom stereocenters. The van der Waals surface area contributed by atoms with Crippen molar-refractivity contribution in [1.29, 1.82) is 0 Å². The average molecular weight is 216 g/mol. The lowest BCUT2D eigenvalue weighted by Crippen LogP contribution is -2.42. The molecule has 1 heterocycles. The van der Waals surface area contributed by atoms with Crippen LogP contribution in [0.2, 0.25) is 0 Å². The Hall–Kier alpha value is -0.510. The minimum absolute atomic E-state index is 0.0200. The first kappa shape index (κ1) is 11.6. The Kier molecular flexibility index (Phi) is 2.95. The highest BCUT2D eigenvalue weighted by Gasteiger charge is 2.55. The number of hydrogen-bond donors (Lipinski definition) is 0. The summed E-state index contributed by atoms with van der Waals surface area (Å²) in [5.41, 5.74) is -0.411. The summed E-state index contributed by atoms with van der Waals surface area (Å²) >= 11 is 1.38. The molecule has 4 heteroatoms. The van der Waals surface area contributed by atoms with Crippen LogP contribution in [0.3, 0.4) is 0 Å². The minimum atomic E-state index is -0.987. The van der Waals surface area contributed by atoms with Crippen LogP contribution in [0.15, 0.2) is 0 Å². The smallest absolute Gasteiger partial charge is 0.329 e. The molecule has 1 aliphatic heterocycles. The van der Waals surface area contributed by atoms with E-state index in [4.69, 9.17) is 4.74 Å². The summed E-state index contributed by atoms with van der Waals surface area (Å²) in [4.78, 5) is 23.5. The quantitative estimate of drug-likeness (QED) is 0.520. The molecule has 0 aromatic rings. The highest BCUT2D eigenvalue weighted by atomic mass is 32.2. The maximum atomic E-state index is 11.9. The van der Waals surface area contributed by atoms with Crippen LogP contribution in [0.5, 0.6) is 0 Å². The fraction of sp³-hybridized carbons (Fsp3) is 0.800. The Balaban J connectivity index is 2.88. The highest BCUT2D eigenvalue weighted by molar-refractivity contribution is 8.02. The molecule has 1 aliphatic rings. The number of thioether (sulfide) groups is 1. The summed E-state index contributed by atoms with van der Waals surface area (Å²) in [6, 6.07) is 0. The van der Waals surface area contributed by atoms with E-state index in [-0.39, 0.29) is 5.78 Å². The van der Waals surface area contributed by atoms with Crippen molar-refractivity contribution >= 4 is 23.5 Å². The fourth-order valence-electron chi connectivity index (χ4n) is 1.52. The first-order valence-electron chi connectivity index (χ1n) is 4.70. The maximum absolute atomic E-state index is 11.9. The molecule has 0 aromatic heterocycles. The molecule has 0 aliphatic carbocycles. The number of carbonyl (C=O) groups excluding carboxylic acids is 2. The van der Waals surface area contributed by atoms with E-state index in [0.29, 0.717) is 12.4 Å². The van der Waals surface area contributed by atoms with Gasteiger partial charge in [0.2, 0.25) is 0 Å². The first-order chi connectivity index (χ1) is 6.34. The van der Waals surface area contributed by atoms with Crippen LogP contribution in [0.1, 0.15) is 27.7 Å². The molecule has 0 bridgehead atoms. The van der Waals surface area contributed by atoms with Gasteiger partial charge in [-0.25, -0.2) is 0 Å². The van der Waals surface area contributed by atoms with E-state index in [0.717, 1.165) is 0 Å². The normalized spacial score (nSPS) is 30.4. The third kappa shape index (κ3) is 1.67. The Labute approximate surface area is 88.6 Å². The summed E-state index contributed by atoms with van der Waals surface area (Å²) in [6.07, 6.45) is 0. The SMILES string of the molecule is CCOC(=O)C1(C)SCC(C)(C)C1=O. The summed E-state index contributed by atoms with van der Waals surface area (Å²) in [7, 11) is 0. The van der Waals surface area contributed by atoms with Crippen molar-refractivity contribution in [2.45, 2.75) is 32.4 Å². The van der Waals surface area contributed by atoms with Gasteiger partial charge in [-0.05, 0) is 13.8 Å². The zero-order valence-electron chi connectivity index (χ0n) is 9.05. The zero-order chi connectivity index (χ0) is 11.0. The summed E-state index contributed by atoms with van der Waals surface area (Å²) < 4.78 is 3.93. The molecule has 0 radical (unpaired) electrons. The van der Waals surface area contributed by atoms with Gasteiger partial charge in [0.1, 0.15) is 0 Å². The number of ether oxygens (including phenoxy) is 1. The van der Waals surface area contributed by atoms with Crippen LogP contribution < -0.4 is 0 Å². The molecule has 1 saturated heterocycles. The molecule has 80 valence electrons. The van der Waals surface area contributed by atoms with Gasteiger partial charge < -0.3 is 4.74 Å². The highest BCUT2D eigenvalue weighted by Crippen LogP contribution is 2.45. The Morgan fingerprint density at radius 2 is 2.07 bits per heavy atom. The Bertz CT molecular complexity index is 273. The number of ketones is 1. The molecule has 1 fully saturated rings. The summed E-state index contributed by atoms with van der Waals surface area (Å²) in [5, 5.41) is 0. The van der Waals surface area contributed by atoms with Crippen LogP contribution in [0.25, 0.3) is 0 Å². The van der Waals surface area contributed by atoms with Crippen LogP contribution in [0.4, 0.5) is 0 Å².